The molecule has 1 aliphatic rings. The SMILES string of the molecule is CC(c1cc(F)c(F)cc1F)N1C(=O)CNc2ncc(I)cc21. The standard InChI is InChI=1S/C15H11F3IN3O/c1-7(9-3-11(17)12(18)4-10(9)16)22-13-2-8(19)5-20-15(13)21-6-14(22)23/h2-5,7H,6H2,1H3,(H,20,21). The summed E-state index contributed by atoms with van der Waals surface area (Å²) in [5.74, 6) is -3.14. The molecule has 1 unspecified atom stereocenters. The molecule has 0 saturated carbocycles. The Hall–Kier alpha value is -1.84. The first kappa shape index (κ1) is 16.0. The van der Waals surface area contributed by atoms with Crippen LogP contribution < -0.4 is 10.2 Å². The predicted molar refractivity (Wildman–Crippen MR) is 87.7 cm³/mol. The van der Waals surface area contributed by atoms with Crippen molar-refractivity contribution in [1.82, 2.24) is 4.98 Å². The van der Waals surface area contributed by atoms with Crippen molar-refractivity contribution < 1.29 is 18.0 Å². The third kappa shape index (κ3) is 2.87. The molecule has 3 rings (SSSR count). The molecular formula is C15H11F3IN3O. The molecule has 0 radical (unpaired) electrons. The van der Waals surface area contributed by atoms with E-state index >= 15 is 0 Å². The average Bonchev–Trinajstić information content (AvgIpc) is 2.50. The highest BCUT2D eigenvalue weighted by atomic mass is 127. The lowest BCUT2D eigenvalue weighted by molar-refractivity contribution is -0.117. The quantitative estimate of drug-likeness (QED) is 0.582. The molecule has 1 atom stereocenters. The third-order valence-corrected chi connectivity index (χ3v) is 4.24. The van der Waals surface area contributed by atoms with Crippen molar-refractivity contribution >= 4 is 40.0 Å². The number of rotatable bonds is 2. The van der Waals surface area contributed by atoms with Crippen LogP contribution in [-0.4, -0.2) is 17.4 Å². The third-order valence-electron chi connectivity index (χ3n) is 3.65. The molecule has 0 spiro atoms. The first-order valence-corrected chi connectivity index (χ1v) is 7.82. The maximum atomic E-state index is 14.0. The fraction of sp³-hybridized carbons (Fsp3) is 0.200. The number of halogens is 4. The van der Waals surface area contributed by atoms with Crippen LogP contribution in [0, 0.1) is 21.0 Å². The average molecular weight is 433 g/mol. The number of benzene rings is 1. The maximum absolute atomic E-state index is 14.0. The minimum atomic E-state index is -1.26. The highest BCUT2D eigenvalue weighted by molar-refractivity contribution is 14.1. The van der Waals surface area contributed by atoms with E-state index in [-0.39, 0.29) is 18.0 Å². The van der Waals surface area contributed by atoms with Gasteiger partial charge in [-0.05, 0) is 41.6 Å². The molecule has 0 fully saturated rings. The van der Waals surface area contributed by atoms with Crippen LogP contribution in [-0.2, 0) is 4.79 Å². The first-order chi connectivity index (χ1) is 10.9. The van der Waals surface area contributed by atoms with Crippen molar-refractivity contribution in [2.75, 3.05) is 16.8 Å². The van der Waals surface area contributed by atoms with Crippen LogP contribution in [0.3, 0.4) is 0 Å². The highest BCUT2D eigenvalue weighted by Gasteiger charge is 2.31. The summed E-state index contributed by atoms with van der Waals surface area (Å²) in [6.07, 6.45) is 1.63. The second kappa shape index (κ2) is 5.99. The van der Waals surface area contributed by atoms with E-state index in [0.29, 0.717) is 17.6 Å². The van der Waals surface area contributed by atoms with Crippen molar-refractivity contribution in [2.24, 2.45) is 0 Å². The Labute approximate surface area is 143 Å². The van der Waals surface area contributed by atoms with Gasteiger partial charge in [-0.3, -0.25) is 4.79 Å². The van der Waals surface area contributed by atoms with E-state index in [1.165, 1.54) is 4.90 Å². The summed E-state index contributed by atoms with van der Waals surface area (Å²) < 4.78 is 41.4. The van der Waals surface area contributed by atoms with Gasteiger partial charge in [0.25, 0.3) is 0 Å². The summed E-state index contributed by atoms with van der Waals surface area (Å²) in [5.41, 5.74) is 0.383. The lowest BCUT2D eigenvalue weighted by Gasteiger charge is -2.34. The van der Waals surface area contributed by atoms with Crippen molar-refractivity contribution in [3.05, 3.63) is 51.0 Å². The van der Waals surface area contributed by atoms with Gasteiger partial charge in [-0.2, -0.15) is 0 Å². The van der Waals surface area contributed by atoms with Crippen molar-refractivity contribution in [3.8, 4) is 0 Å². The summed E-state index contributed by atoms with van der Waals surface area (Å²) in [7, 11) is 0. The topological polar surface area (TPSA) is 45.2 Å². The normalized spacial score (nSPS) is 15.2. The van der Waals surface area contributed by atoms with E-state index in [1.807, 2.05) is 22.6 Å². The molecule has 23 heavy (non-hydrogen) atoms. The molecule has 0 bridgehead atoms. The largest absolute Gasteiger partial charge is 0.359 e. The smallest absolute Gasteiger partial charge is 0.247 e. The maximum Gasteiger partial charge on any atom is 0.247 e. The predicted octanol–water partition coefficient (Wildman–Crippen LogP) is 3.62. The van der Waals surface area contributed by atoms with Gasteiger partial charge in [0.1, 0.15) is 5.82 Å². The number of hydrogen-bond donors (Lipinski definition) is 1. The Bertz CT molecular complexity index is 800. The molecule has 1 aromatic heterocycles. The number of carbonyl (C=O) groups is 1. The fourth-order valence-electron chi connectivity index (χ4n) is 2.55. The number of hydrogen-bond acceptors (Lipinski definition) is 3. The number of amides is 1. The van der Waals surface area contributed by atoms with Gasteiger partial charge in [-0.1, -0.05) is 0 Å². The molecule has 1 N–H and O–H groups in total. The van der Waals surface area contributed by atoms with E-state index in [4.69, 9.17) is 0 Å². The molecule has 1 aliphatic heterocycles. The van der Waals surface area contributed by atoms with Crippen LogP contribution in [0.15, 0.2) is 24.4 Å². The fourth-order valence-corrected chi connectivity index (χ4v) is 2.98. The molecule has 0 saturated heterocycles. The molecule has 2 heterocycles. The van der Waals surface area contributed by atoms with Crippen molar-refractivity contribution in [1.29, 1.82) is 0 Å². The molecule has 0 aliphatic carbocycles. The van der Waals surface area contributed by atoms with Gasteiger partial charge in [-0.25, -0.2) is 18.2 Å². The van der Waals surface area contributed by atoms with E-state index in [2.05, 4.69) is 10.3 Å². The van der Waals surface area contributed by atoms with E-state index in [9.17, 15) is 18.0 Å². The number of anilines is 2. The Kier molecular flexibility index (Phi) is 4.17. The molecule has 120 valence electrons. The van der Waals surface area contributed by atoms with E-state index in [1.54, 1.807) is 19.2 Å². The summed E-state index contributed by atoms with van der Waals surface area (Å²) in [5, 5.41) is 2.88. The first-order valence-electron chi connectivity index (χ1n) is 6.74. The Balaban J connectivity index is 2.09. The number of nitrogens with one attached hydrogen (secondary N) is 1. The van der Waals surface area contributed by atoms with Gasteiger partial charge in [0.15, 0.2) is 17.5 Å². The number of carbonyl (C=O) groups excluding carboxylic acids is 1. The summed E-state index contributed by atoms with van der Waals surface area (Å²) in [6.45, 7) is 1.55. The minimum Gasteiger partial charge on any atom is -0.359 e. The number of aromatic nitrogens is 1. The molecule has 1 amide bonds. The Morgan fingerprint density at radius 3 is 2.65 bits per heavy atom. The highest BCUT2D eigenvalue weighted by Crippen LogP contribution is 2.36. The molecular weight excluding hydrogens is 422 g/mol. The molecule has 4 nitrogen and oxygen atoms in total. The summed E-state index contributed by atoms with van der Waals surface area (Å²) in [4.78, 5) is 17.8. The summed E-state index contributed by atoms with van der Waals surface area (Å²) >= 11 is 2.05. The van der Waals surface area contributed by atoms with Crippen LogP contribution in [0.1, 0.15) is 18.5 Å². The monoisotopic (exact) mass is 433 g/mol. The Morgan fingerprint density at radius 1 is 1.22 bits per heavy atom. The van der Waals surface area contributed by atoms with Crippen LogP contribution in [0.5, 0.6) is 0 Å². The van der Waals surface area contributed by atoms with Crippen LogP contribution in [0.4, 0.5) is 24.7 Å². The van der Waals surface area contributed by atoms with Gasteiger partial charge in [0.2, 0.25) is 5.91 Å². The Morgan fingerprint density at radius 2 is 1.91 bits per heavy atom. The second-order valence-electron chi connectivity index (χ2n) is 5.10. The van der Waals surface area contributed by atoms with E-state index in [0.717, 1.165) is 9.64 Å². The van der Waals surface area contributed by atoms with Crippen LogP contribution >= 0.6 is 22.6 Å². The molecule has 2 aromatic rings. The van der Waals surface area contributed by atoms with Crippen molar-refractivity contribution in [3.63, 3.8) is 0 Å². The molecule has 1 aromatic carbocycles. The van der Waals surface area contributed by atoms with Gasteiger partial charge >= 0.3 is 0 Å². The van der Waals surface area contributed by atoms with Gasteiger partial charge in [-0.15, -0.1) is 0 Å². The van der Waals surface area contributed by atoms with Crippen LogP contribution in [0.25, 0.3) is 0 Å². The minimum absolute atomic E-state index is 0.00374. The van der Waals surface area contributed by atoms with Crippen LogP contribution in [0.2, 0.25) is 0 Å². The zero-order valence-corrected chi connectivity index (χ0v) is 14.1. The van der Waals surface area contributed by atoms with Gasteiger partial charge < -0.3 is 10.2 Å². The van der Waals surface area contributed by atoms with E-state index < -0.39 is 23.5 Å². The van der Waals surface area contributed by atoms with Gasteiger partial charge in [0, 0.05) is 21.4 Å². The zero-order valence-electron chi connectivity index (χ0n) is 11.9. The summed E-state index contributed by atoms with van der Waals surface area (Å²) in [6, 6.07) is 2.19. The lowest BCUT2D eigenvalue weighted by Crippen LogP contribution is -2.42. The number of nitrogens with zero attached hydrogens (tertiary/aromatic N) is 2. The lowest BCUT2D eigenvalue weighted by atomic mass is 10.0. The van der Waals surface area contributed by atoms with Gasteiger partial charge in [0.05, 0.1) is 18.3 Å². The molecule has 8 heteroatoms. The number of fused-ring (bicyclic) bond motifs is 1. The van der Waals surface area contributed by atoms with Crippen molar-refractivity contribution in [2.45, 2.75) is 13.0 Å². The zero-order chi connectivity index (χ0) is 16.7. The second-order valence-corrected chi connectivity index (χ2v) is 6.35. The number of pyridine rings is 1.